The standard InChI is InChI=1S/C7H5ClN4O2/c1-12-2-9-3-4(6(13)14)10-7(8)11-5(3)12/h2H,1H3,(H,13,14). The second-order valence-corrected chi connectivity index (χ2v) is 3.01. The molecule has 0 radical (unpaired) electrons. The number of aryl methyl sites for hydroxylation is 1. The first kappa shape index (κ1) is 8.89. The molecule has 0 aliphatic heterocycles. The molecule has 2 heterocycles. The van der Waals surface area contributed by atoms with Crippen molar-refractivity contribution in [2.24, 2.45) is 7.05 Å². The number of nitrogens with zero attached hydrogens (tertiary/aromatic N) is 4. The van der Waals surface area contributed by atoms with Crippen molar-refractivity contribution >= 4 is 28.7 Å². The quantitative estimate of drug-likeness (QED) is 0.705. The monoisotopic (exact) mass is 212 g/mol. The fraction of sp³-hybridized carbons (Fsp3) is 0.143. The number of rotatable bonds is 1. The normalized spacial score (nSPS) is 10.7. The summed E-state index contributed by atoms with van der Waals surface area (Å²) in [5, 5.41) is 8.72. The van der Waals surface area contributed by atoms with Crippen LogP contribution in [0.1, 0.15) is 10.5 Å². The number of hydrogen-bond donors (Lipinski definition) is 1. The van der Waals surface area contributed by atoms with Crippen LogP contribution in [0.5, 0.6) is 0 Å². The van der Waals surface area contributed by atoms with Crippen molar-refractivity contribution in [2.45, 2.75) is 0 Å². The van der Waals surface area contributed by atoms with Gasteiger partial charge in [0.05, 0.1) is 6.33 Å². The van der Waals surface area contributed by atoms with Gasteiger partial charge in [-0.05, 0) is 11.6 Å². The summed E-state index contributed by atoms with van der Waals surface area (Å²) in [5.74, 6) is -1.17. The molecule has 1 N–H and O–H groups in total. The summed E-state index contributed by atoms with van der Waals surface area (Å²) in [6.07, 6.45) is 1.46. The maximum Gasteiger partial charge on any atom is 0.357 e. The van der Waals surface area contributed by atoms with Crippen LogP contribution in [-0.2, 0) is 7.05 Å². The highest BCUT2D eigenvalue weighted by Crippen LogP contribution is 2.15. The van der Waals surface area contributed by atoms with Gasteiger partial charge in [-0.3, -0.25) is 0 Å². The number of halogens is 1. The summed E-state index contributed by atoms with van der Waals surface area (Å²) >= 11 is 5.57. The Hall–Kier alpha value is -1.69. The smallest absolute Gasteiger partial charge is 0.357 e. The number of carboxylic acids is 1. The molecule has 0 aliphatic rings. The lowest BCUT2D eigenvalue weighted by molar-refractivity contribution is 0.0692. The van der Waals surface area contributed by atoms with Gasteiger partial charge in [0, 0.05) is 7.05 Å². The average molecular weight is 213 g/mol. The Morgan fingerprint density at radius 3 is 2.93 bits per heavy atom. The molecule has 0 saturated carbocycles. The lowest BCUT2D eigenvalue weighted by atomic mass is 10.3. The number of imidazole rings is 1. The molecule has 0 spiro atoms. The summed E-state index contributed by atoms with van der Waals surface area (Å²) in [6, 6.07) is 0. The Kier molecular flexibility index (Phi) is 1.85. The number of carboxylic acid groups (broad SMARTS) is 1. The van der Waals surface area contributed by atoms with Crippen molar-refractivity contribution in [3.63, 3.8) is 0 Å². The van der Waals surface area contributed by atoms with E-state index in [0.717, 1.165) is 0 Å². The summed E-state index contributed by atoms with van der Waals surface area (Å²) in [7, 11) is 1.70. The minimum atomic E-state index is -1.17. The first-order chi connectivity index (χ1) is 6.59. The van der Waals surface area contributed by atoms with Crippen LogP contribution >= 0.6 is 11.6 Å². The first-order valence-electron chi connectivity index (χ1n) is 3.67. The Labute approximate surface area is 83.2 Å². The molecule has 2 aromatic heterocycles. The van der Waals surface area contributed by atoms with Crippen LogP contribution in [0.15, 0.2) is 6.33 Å². The van der Waals surface area contributed by atoms with Gasteiger partial charge in [0.2, 0.25) is 5.28 Å². The van der Waals surface area contributed by atoms with Gasteiger partial charge in [-0.25, -0.2) is 14.8 Å². The Morgan fingerprint density at radius 2 is 2.29 bits per heavy atom. The lowest BCUT2D eigenvalue weighted by Crippen LogP contribution is -2.03. The minimum absolute atomic E-state index is 0.0986. The minimum Gasteiger partial charge on any atom is -0.476 e. The van der Waals surface area contributed by atoms with Crippen LogP contribution in [0.25, 0.3) is 11.2 Å². The predicted molar refractivity (Wildman–Crippen MR) is 48.3 cm³/mol. The zero-order valence-electron chi connectivity index (χ0n) is 7.10. The molecule has 0 saturated heterocycles. The van der Waals surface area contributed by atoms with E-state index in [1.165, 1.54) is 6.33 Å². The van der Waals surface area contributed by atoms with E-state index in [9.17, 15) is 4.79 Å². The van der Waals surface area contributed by atoms with Crippen molar-refractivity contribution in [1.82, 2.24) is 19.5 Å². The third-order valence-electron chi connectivity index (χ3n) is 1.74. The van der Waals surface area contributed by atoms with Crippen molar-refractivity contribution in [1.29, 1.82) is 0 Å². The average Bonchev–Trinajstić information content (AvgIpc) is 2.47. The molecule has 72 valence electrons. The molecule has 0 aromatic carbocycles. The molecule has 2 aromatic rings. The van der Waals surface area contributed by atoms with E-state index in [4.69, 9.17) is 16.7 Å². The van der Waals surface area contributed by atoms with Crippen molar-refractivity contribution in [3.05, 3.63) is 17.3 Å². The second-order valence-electron chi connectivity index (χ2n) is 2.67. The van der Waals surface area contributed by atoms with Gasteiger partial charge in [-0.1, -0.05) is 0 Å². The third-order valence-corrected chi connectivity index (χ3v) is 1.90. The zero-order valence-corrected chi connectivity index (χ0v) is 7.86. The summed E-state index contributed by atoms with van der Waals surface area (Å²) in [6.45, 7) is 0. The van der Waals surface area contributed by atoms with Crippen LogP contribution < -0.4 is 0 Å². The number of carbonyl (C=O) groups is 1. The van der Waals surface area contributed by atoms with Gasteiger partial charge in [-0.2, -0.15) is 4.98 Å². The molecule has 2 rings (SSSR count). The van der Waals surface area contributed by atoms with Crippen molar-refractivity contribution < 1.29 is 9.90 Å². The Balaban J connectivity index is 2.88. The topological polar surface area (TPSA) is 80.9 Å². The van der Waals surface area contributed by atoms with E-state index in [2.05, 4.69) is 15.0 Å². The van der Waals surface area contributed by atoms with E-state index in [0.29, 0.717) is 5.65 Å². The van der Waals surface area contributed by atoms with E-state index in [-0.39, 0.29) is 16.5 Å². The van der Waals surface area contributed by atoms with E-state index >= 15 is 0 Å². The van der Waals surface area contributed by atoms with E-state index in [1.807, 2.05) is 0 Å². The van der Waals surface area contributed by atoms with Crippen LogP contribution in [0, 0.1) is 0 Å². The fourth-order valence-electron chi connectivity index (χ4n) is 1.13. The van der Waals surface area contributed by atoms with Gasteiger partial charge in [0.1, 0.15) is 5.52 Å². The SMILES string of the molecule is Cn1cnc2c(C(=O)O)nc(Cl)nc21. The number of aromatic nitrogens is 4. The summed E-state index contributed by atoms with van der Waals surface area (Å²) < 4.78 is 1.58. The van der Waals surface area contributed by atoms with Crippen LogP contribution in [-0.4, -0.2) is 30.6 Å². The third kappa shape index (κ3) is 1.20. The molecule has 0 amide bonds. The predicted octanol–water partition coefficient (Wildman–Crippen LogP) is 0.715. The Bertz CT molecular complexity index is 522. The van der Waals surface area contributed by atoms with Crippen LogP contribution in [0.4, 0.5) is 0 Å². The molecule has 0 aliphatic carbocycles. The molecule has 0 fully saturated rings. The van der Waals surface area contributed by atoms with Gasteiger partial charge in [0.15, 0.2) is 11.3 Å². The highest BCUT2D eigenvalue weighted by atomic mass is 35.5. The van der Waals surface area contributed by atoms with Crippen molar-refractivity contribution in [3.8, 4) is 0 Å². The summed E-state index contributed by atoms with van der Waals surface area (Å²) in [4.78, 5) is 22.1. The van der Waals surface area contributed by atoms with Gasteiger partial charge >= 0.3 is 5.97 Å². The molecule has 6 nitrogen and oxygen atoms in total. The number of aromatic carboxylic acids is 1. The van der Waals surface area contributed by atoms with E-state index in [1.54, 1.807) is 11.6 Å². The molecule has 0 unspecified atom stereocenters. The summed E-state index contributed by atoms with van der Waals surface area (Å²) in [5.41, 5.74) is 0.465. The first-order valence-corrected chi connectivity index (χ1v) is 4.05. The van der Waals surface area contributed by atoms with Gasteiger partial charge in [-0.15, -0.1) is 0 Å². The molecular formula is C7H5ClN4O2. The highest BCUT2D eigenvalue weighted by molar-refractivity contribution is 6.28. The number of fused-ring (bicyclic) bond motifs is 1. The molecule has 0 atom stereocenters. The molecule has 7 heteroatoms. The van der Waals surface area contributed by atoms with Crippen LogP contribution in [0.3, 0.4) is 0 Å². The zero-order chi connectivity index (χ0) is 10.3. The molecular weight excluding hydrogens is 208 g/mol. The Morgan fingerprint density at radius 1 is 1.57 bits per heavy atom. The van der Waals surface area contributed by atoms with Gasteiger partial charge in [0.25, 0.3) is 0 Å². The van der Waals surface area contributed by atoms with E-state index < -0.39 is 5.97 Å². The maximum atomic E-state index is 10.8. The second kappa shape index (κ2) is 2.91. The number of hydrogen-bond acceptors (Lipinski definition) is 4. The van der Waals surface area contributed by atoms with Crippen molar-refractivity contribution in [2.75, 3.05) is 0 Å². The largest absolute Gasteiger partial charge is 0.476 e. The van der Waals surface area contributed by atoms with Gasteiger partial charge < -0.3 is 9.67 Å². The molecule has 0 bridgehead atoms. The van der Waals surface area contributed by atoms with Crippen LogP contribution in [0.2, 0.25) is 5.28 Å². The maximum absolute atomic E-state index is 10.8. The fourth-order valence-corrected chi connectivity index (χ4v) is 1.29. The highest BCUT2D eigenvalue weighted by Gasteiger charge is 2.16. The lowest BCUT2D eigenvalue weighted by Gasteiger charge is -1.97. The molecule has 14 heavy (non-hydrogen) atoms.